The van der Waals surface area contributed by atoms with E-state index >= 15 is 0 Å². The second-order valence-corrected chi connectivity index (χ2v) is 5.14. The van der Waals surface area contributed by atoms with Crippen LogP contribution in [0.2, 0.25) is 0 Å². The predicted octanol–water partition coefficient (Wildman–Crippen LogP) is 6.57. The Bertz CT molecular complexity index is 598. The lowest BCUT2D eigenvalue weighted by atomic mass is 9.88. The van der Waals surface area contributed by atoms with Crippen LogP contribution in [0.1, 0.15) is 6.92 Å². The highest BCUT2D eigenvalue weighted by atomic mass is 19.4. The summed E-state index contributed by atoms with van der Waals surface area (Å²) in [4.78, 5) is 0. The lowest BCUT2D eigenvalue weighted by Crippen LogP contribution is -2.73. The maximum Gasteiger partial charge on any atom is 0.385 e. The van der Waals surface area contributed by atoms with Gasteiger partial charge in [-0.1, -0.05) is 0 Å². The van der Waals surface area contributed by atoms with E-state index in [1.165, 1.54) is 0 Å². The van der Waals surface area contributed by atoms with Gasteiger partial charge in [0.05, 0.1) is 0 Å². The van der Waals surface area contributed by atoms with Crippen molar-refractivity contribution in [2.45, 2.75) is 54.6 Å². The average Bonchev–Trinajstić information content (AvgIpc) is 2.52. The second kappa shape index (κ2) is 6.81. The Balaban J connectivity index is 6.72. The smallest absolute Gasteiger partial charge is 0.241 e. The van der Waals surface area contributed by atoms with Gasteiger partial charge in [0.1, 0.15) is 6.33 Å². The molecule has 168 valence electrons. The van der Waals surface area contributed by atoms with Gasteiger partial charge in [0.15, 0.2) is 6.17 Å². The molecule has 0 nitrogen and oxygen atoms in total. The third kappa shape index (κ3) is 3.07. The van der Waals surface area contributed by atoms with Crippen molar-refractivity contribution in [3.8, 4) is 0 Å². The average molecular weight is 460 g/mol. The van der Waals surface area contributed by atoms with Crippen molar-refractivity contribution in [1.29, 1.82) is 0 Å². The molecule has 0 bridgehead atoms. The molecule has 0 heterocycles. The van der Waals surface area contributed by atoms with Gasteiger partial charge in [-0.05, 0) is 6.92 Å². The lowest BCUT2D eigenvalue weighted by Gasteiger charge is -2.42. The van der Waals surface area contributed by atoms with E-state index in [1.54, 1.807) is 0 Å². The molecular weight excluding hydrogens is 455 g/mol. The second-order valence-electron chi connectivity index (χ2n) is 5.14. The van der Waals surface area contributed by atoms with E-state index in [-0.39, 0.29) is 0 Å². The Kier molecular flexibility index (Phi) is 6.46. The van der Waals surface area contributed by atoms with Crippen molar-refractivity contribution in [3.63, 3.8) is 0 Å². The molecule has 0 amide bonds. The van der Waals surface area contributed by atoms with Crippen molar-refractivity contribution in [3.05, 3.63) is 12.2 Å². The first-order valence-corrected chi connectivity index (χ1v) is 6.18. The fraction of sp³-hybridized carbons (Fsp3) is 0.818. The number of alkyl halides is 15. The van der Waals surface area contributed by atoms with Gasteiger partial charge < -0.3 is 0 Å². The summed E-state index contributed by atoms with van der Waals surface area (Å²) < 4.78 is 219. The maximum atomic E-state index is 13.2. The van der Waals surface area contributed by atoms with Crippen LogP contribution in [0.25, 0.3) is 0 Å². The Morgan fingerprint density at radius 1 is 0.607 bits per heavy atom. The van der Waals surface area contributed by atoms with E-state index in [0.717, 1.165) is 0 Å². The molecule has 0 N–H and O–H groups in total. The number of hydrogen-bond donors (Lipinski definition) is 0. The molecule has 17 heteroatoms. The summed E-state index contributed by atoms with van der Waals surface area (Å²) in [6.07, 6.45) is -6.62. The molecule has 28 heavy (non-hydrogen) atoms. The fourth-order valence-corrected chi connectivity index (χ4v) is 1.47. The molecule has 0 radical (unpaired) electrons. The van der Waals surface area contributed by atoms with Crippen molar-refractivity contribution in [1.82, 2.24) is 0 Å². The van der Waals surface area contributed by atoms with E-state index in [4.69, 9.17) is 0 Å². The van der Waals surface area contributed by atoms with Gasteiger partial charge in [-0.2, -0.15) is 61.5 Å². The van der Waals surface area contributed by atoms with E-state index in [0.29, 0.717) is 0 Å². The molecule has 1 atom stereocenters. The summed E-state index contributed by atoms with van der Waals surface area (Å²) >= 11 is 0. The molecule has 0 spiro atoms. The summed E-state index contributed by atoms with van der Waals surface area (Å²) in [6.45, 7) is -0.634. The zero-order chi connectivity index (χ0) is 23.4. The van der Waals surface area contributed by atoms with Crippen LogP contribution in [0.5, 0.6) is 0 Å². The quantitative estimate of drug-likeness (QED) is 0.360. The first-order chi connectivity index (χ1) is 11.9. The van der Waals surface area contributed by atoms with Crippen LogP contribution in [0, 0.1) is 0 Å². The molecule has 0 fully saturated rings. The fourth-order valence-electron chi connectivity index (χ4n) is 1.47. The van der Waals surface area contributed by atoms with Crippen LogP contribution < -0.4 is 0 Å². The first-order valence-electron chi connectivity index (χ1n) is 6.18. The van der Waals surface area contributed by atoms with Crippen LogP contribution in [0.4, 0.5) is 74.6 Å². The van der Waals surface area contributed by atoms with Gasteiger partial charge in [-0.3, -0.25) is 0 Å². The highest BCUT2D eigenvalue weighted by molar-refractivity contribution is 5.19. The third-order valence-electron chi connectivity index (χ3n) is 3.29. The molecule has 0 aliphatic heterocycles. The Labute approximate surface area is 143 Å². The van der Waals surface area contributed by atoms with Gasteiger partial charge in [0.25, 0.3) is 0 Å². The van der Waals surface area contributed by atoms with Crippen molar-refractivity contribution in [2.75, 3.05) is 0 Å². The summed E-state index contributed by atoms with van der Waals surface area (Å²) in [5.41, 5.74) is 0. The summed E-state index contributed by atoms with van der Waals surface area (Å²) in [7, 11) is 0. The molecule has 0 aliphatic carbocycles. The molecule has 0 rings (SSSR count). The normalized spacial score (nSPS) is 17.7. The zero-order valence-corrected chi connectivity index (χ0v) is 12.6. The maximum absolute atomic E-state index is 13.2. The van der Waals surface area contributed by atoms with Crippen molar-refractivity contribution < 1.29 is 74.6 Å². The topological polar surface area (TPSA) is 0 Å². The standard InChI is InChI=1S/C11H5F17/c1-3(13)5(15,16)7(19,20)9(23,24)11(27,28)10(25,26)8(21,22)6(17,18)4(14)2-12/h2-3H,1H3. The van der Waals surface area contributed by atoms with Gasteiger partial charge in [-0.25, -0.2) is 13.2 Å². The number of halogens is 17. The van der Waals surface area contributed by atoms with Crippen LogP contribution in [-0.2, 0) is 0 Å². The molecule has 0 saturated carbocycles. The number of allylic oxidation sites excluding steroid dienone is 1. The Morgan fingerprint density at radius 3 is 1.18 bits per heavy atom. The molecule has 0 aromatic rings. The number of rotatable bonds is 8. The Morgan fingerprint density at radius 2 is 0.893 bits per heavy atom. The van der Waals surface area contributed by atoms with Gasteiger partial charge in [-0.15, -0.1) is 0 Å². The van der Waals surface area contributed by atoms with E-state index in [9.17, 15) is 74.6 Å². The van der Waals surface area contributed by atoms with Gasteiger partial charge >= 0.3 is 41.5 Å². The highest BCUT2D eigenvalue weighted by Gasteiger charge is 2.93. The van der Waals surface area contributed by atoms with Crippen LogP contribution in [-0.4, -0.2) is 47.6 Å². The minimum Gasteiger partial charge on any atom is -0.241 e. The minimum atomic E-state index is -8.47. The van der Waals surface area contributed by atoms with Gasteiger partial charge in [0, 0.05) is 0 Å². The number of hydrogen-bond acceptors (Lipinski definition) is 0. The first kappa shape index (κ1) is 26.6. The van der Waals surface area contributed by atoms with Crippen molar-refractivity contribution in [2.24, 2.45) is 0 Å². The molecule has 0 aromatic heterocycles. The Hall–Kier alpha value is -1.45. The molecule has 0 saturated heterocycles. The van der Waals surface area contributed by atoms with Gasteiger partial charge in [0.2, 0.25) is 5.83 Å². The summed E-state index contributed by atoms with van der Waals surface area (Å²) in [5.74, 6) is -59.5. The van der Waals surface area contributed by atoms with Crippen LogP contribution >= 0.6 is 0 Å². The molecule has 0 aliphatic rings. The lowest BCUT2D eigenvalue weighted by molar-refractivity contribution is -0.442. The summed E-state index contributed by atoms with van der Waals surface area (Å²) in [6, 6.07) is 0. The highest BCUT2D eigenvalue weighted by Crippen LogP contribution is 2.63. The van der Waals surface area contributed by atoms with E-state index in [1.807, 2.05) is 0 Å². The third-order valence-corrected chi connectivity index (χ3v) is 3.29. The van der Waals surface area contributed by atoms with Crippen molar-refractivity contribution >= 4 is 0 Å². The van der Waals surface area contributed by atoms with Crippen LogP contribution in [0.3, 0.4) is 0 Å². The largest absolute Gasteiger partial charge is 0.385 e. The van der Waals surface area contributed by atoms with E-state index < -0.39 is 66.7 Å². The SMILES string of the molecule is CC(F)C(F)(F)C(F)(F)C(F)(F)C(F)(F)C(F)(F)C(F)(F)C(F)(F)C(F)=CF. The van der Waals surface area contributed by atoms with Crippen LogP contribution in [0.15, 0.2) is 12.2 Å². The summed E-state index contributed by atoms with van der Waals surface area (Å²) in [5, 5.41) is 0. The minimum absolute atomic E-state index is 0.634. The molecule has 1 unspecified atom stereocenters. The zero-order valence-electron chi connectivity index (χ0n) is 12.6. The monoisotopic (exact) mass is 460 g/mol. The molecule has 0 aromatic carbocycles. The predicted molar refractivity (Wildman–Crippen MR) is 55.5 cm³/mol. The van der Waals surface area contributed by atoms with E-state index in [2.05, 4.69) is 0 Å². The molecular formula is C11H5F17.